The van der Waals surface area contributed by atoms with E-state index in [1.54, 1.807) is 0 Å². The average Bonchev–Trinajstić information content (AvgIpc) is 3.77. The summed E-state index contributed by atoms with van der Waals surface area (Å²) in [5.41, 5.74) is 5.67. The Bertz CT molecular complexity index is 2580. The largest absolute Gasteiger partial charge is 0.208 e. The number of benzene rings is 6. The molecule has 0 unspecified atom stereocenters. The highest BCUT2D eigenvalue weighted by atomic mass is 32.2. The molecule has 4 heterocycles. The maximum atomic E-state index is 5.00. The van der Waals surface area contributed by atoms with Gasteiger partial charge in [0, 0.05) is 58.9 Å². The van der Waals surface area contributed by atoms with Gasteiger partial charge < -0.3 is 0 Å². The molecular formula is C44H26N6S2. The Balaban J connectivity index is 1.13. The third kappa shape index (κ3) is 5.51. The van der Waals surface area contributed by atoms with E-state index in [2.05, 4.69) is 36.4 Å². The molecule has 0 saturated heterocycles. The minimum Gasteiger partial charge on any atom is -0.208 e. The molecule has 0 fully saturated rings. The van der Waals surface area contributed by atoms with Crippen LogP contribution >= 0.6 is 22.7 Å². The van der Waals surface area contributed by atoms with Crippen molar-refractivity contribution in [2.45, 2.75) is 0 Å². The lowest BCUT2D eigenvalue weighted by Crippen LogP contribution is -2.00. The van der Waals surface area contributed by atoms with Crippen molar-refractivity contribution in [1.82, 2.24) is 29.9 Å². The number of fused-ring (bicyclic) bond motifs is 5. The van der Waals surface area contributed by atoms with Gasteiger partial charge in [0.05, 0.1) is 4.01 Å². The van der Waals surface area contributed by atoms with E-state index in [0.717, 1.165) is 33.4 Å². The molecule has 6 nitrogen and oxygen atoms in total. The van der Waals surface area contributed by atoms with Gasteiger partial charge in [0.1, 0.15) is 0 Å². The predicted molar refractivity (Wildman–Crippen MR) is 214 cm³/mol. The van der Waals surface area contributed by atoms with E-state index < -0.39 is 0 Å². The summed E-state index contributed by atoms with van der Waals surface area (Å²) < 4.78 is 3.71. The normalized spacial score (nSPS) is 11.5. The summed E-state index contributed by atoms with van der Waals surface area (Å²) in [6, 6.07) is 53.4. The minimum absolute atomic E-state index is 0.640. The Morgan fingerprint density at radius 1 is 0.288 bits per heavy atom. The highest BCUT2D eigenvalue weighted by molar-refractivity contribution is 7.44. The molecule has 0 amide bonds. The Labute approximate surface area is 306 Å². The summed E-state index contributed by atoms with van der Waals surface area (Å²) in [4.78, 5) is 29.8. The summed E-state index contributed by atoms with van der Waals surface area (Å²) in [5, 5.41) is 3.58. The van der Waals surface area contributed by atoms with Crippen LogP contribution in [-0.4, -0.2) is 29.9 Å². The van der Waals surface area contributed by atoms with Crippen molar-refractivity contribution >= 4 is 52.2 Å². The third-order valence-electron chi connectivity index (χ3n) is 9.02. The molecule has 0 atom stereocenters. The second-order valence-electron chi connectivity index (χ2n) is 12.4. The van der Waals surface area contributed by atoms with Crippen molar-refractivity contribution in [3.63, 3.8) is 0 Å². The summed E-state index contributed by atoms with van der Waals surface area (Å²) in [5.74, 6) is 3.86. The number of hydrogen-bond donors (Lipinski definition) is 0. The molecule has 10 rings (SSSR count). The zero-order valence-corrected chi connectivity index (χ0v) is 29.1. The molecular weight excluding hydrogens is 677 g/mol. The van der Waals surface area contributed by atoms with Crippen LogP contribution in [0.2, 0.25) is 0 Å². The van der Waals surface area contributed by atoms with Crippen LogP contribution in [0.25, 0.3) is 97.9 Å². The van der Waals surface area contributed by atoms with Crippen LogP contribution < -0.4 is 0 Å². The highest BCUT2D eigenvalue weighted by Gasteiger charge is 2.18. The first-order chi connectivity index (χ1) is 25.7. The monoisotopic (exact) mass is 702 g/mol. The second kappa shape index (κ2) is 12.7. The Morgan fingerprint density at radius 3 is 0.885 bits per heavy atom. The second-order valence-corrected chi connectivity index (χ2v) is 14.7. The molecule has 8 heteroatoms. The van der Waals surface area contributed by atoms with Crippen LogP contribution in [-0.2, 0) is 0 Å². The summed E-state index contributed by atoms with van der Waals surface area (Å²) in [6.45, 7) is 0. The molecule has 52 heavy (non-hydrogen) atoms. The van der Waals surface area contributed by atoms with Crippen molar-refractivity contribution in [3.8, 4) is 68.3 Å². The third-order valence-corrected chi connectivity index (χ3v) is 11.5. The standard InChI is InChI=1S/C44H26N6S2/c1-5-13-27(14-6-1)38-45-39(28-15-7-2-8-16-28)48-42(47-38)31-21-23-35-33(25-31)37-34-26-32(22-24-36(34)52-44(37)51-35)43-49-40(29-17-9-3-10-18-29)46-41(50-43)30-19-11-4-12-20-30/h1-26H. The maximum Gasteiger partial charge on any atom is 0.164 e. The van der Waals surface area contributed by atoms with E-state index in [9.17, 15) is 0 Å². The van der Waals surface area contributed by atoms with Gasteiger partial charge in [-0.15, -0.1) is 22.7 Å². The van der Waals surface area contributed by atoms with Gasteiger partial charge in [-0.2, -0.15) is 0 Å². The Kier molecular flexibility index (Phi) is 7.41. The first-order valence-electron chi connectivity index (χ1n) is 16.9. The van der Waals surface area contributed by atoms with Crippen molar-refractivity contribution in [3.05, 3.63) is 158 Å². The van der Waals surface area contributed by atoms with Gasteiger partial charge in [-0.3, -0.25) is 0 Å². The topological polar surface area (TPSA) is 77.3 Å². The lowest BCUT2D eigenvalue weighted by molar-refractivity contribution is 1.07. The fourth-order valence-corrected chi connectivity index (χ4v) is 9.03. The van der Waals surface area contributed by atoms with Gasteiger partial charge in [-0.1, -0.05) is 121 Å². The smallest absolute Gasteiger partial charge is 0.164 e. The van der Waals surface area contributed by atoms with Crippen LogP contribution in [0.3, 0.4) is 0 Å². The molecule has 0 radical (unpaired) electrons. The molecule has 0 N–H and O–H groups in total. The first kappa shape index (κ1) is 30.4. The zero-order valence-electron chi connectivity index (χ0n) is 27.5. The summed E-state index contributed by atoms with van der Waals surface area (Å²) in [6.07, 6.45) is 0. The highest BCUT2D eigenvalue weighted by Crippen LogP contribution is 2.46. The molecule has 6 aromatic carbocycles. The van der Waals surface area contributed by atoms with Gasteiger partial charge in [0.2, 0.25) is 0 Å². The summed E-state index contributed by atoms with van der Waals surface area (Å²) >= 11 is 3.63. The van der Waals surface area contributed by atoms with E-state index in [1.807, 2.05) is 144 Å². The minimum atomic E-state index is 0.640. The van der Waals surface area contributed by atoms with Gasteiger partial charge >= 0.3 is 0 Å². The van der Waals surface area contributed by atoms with Crippen molar-refractivity contribution in [2.24, 2.45) is 0 Å². The number of nitrogens with zero attached hydrogens (tertiary/aromatic N) is 6. The number of thiophene rings is 2. The van der Waals surface area contributed by atoms with Gasteiger partial charge in [0.25, 0.3) is 0 Å². The van der Waals surface area contributed by atoms with E-state index in [1.165, 1.54) is 29.6 Å². The van der Waals surface area contributed by atoms with Gasteiger partial charge in [-0.25, -0.2) is 29.9 Å². The lowest BCUT2D eigenvalue weighted by Gasteiger charge is -2.09. The van der Waals surface area contributed by atoms with E-state index in [0.29, 0.717) is 34.9 Å². The van der Waals surface area contributed by atoms with E-state index in [4.69, 9.17) is 29.9 Å². The first-order valence-corrected chi connectivity index (χ1v) is 18.5. The lowest BCUT2D eigenvalue weighted by atomic mass is 10.1. The number of rotatable bonds is 6. The molecule has 0 saturated carbocycles. The van der Waals surface area contributed by atoms with Crippen LogP contribution in [0.15, 0.2) is 158 Å². The summed E-state index contributed by atoms with van der Waals surface area (Å²) in [7, 11) is 0. The predicted octanol–water partition coefficient (Wildman–Crippen LogP) is 11.6. The van der Waals surface area contributed by atoms with E-state index >= 15 is 0 Å². The molecule has 4 aromatic heterocycles. The van der Waals surface area contributed by atoms with Crippen LogP contribution in [0, 0.1) is 0 Å². The Morgan fingerprint density at radius 2 is 0.577 bits per heavy atom. The molecule has 10 aromatic rings. The van der Waals surface area contributed by atoms with E-state index in [-0.39, 0.29) is 0 Å². The molecule has 0 aliphatic rings. The van der Waals surface area contributed by atoms with Crippen molar-refractivity contribution in [2.75, 3.05) is 0 Å². The van der Waals surface area contributed by atoms with Gasteiger partial charge in [-0.05, 0) is 36.4 Å². The van der Waals surface area contributed by atoms with Gasteiger partial charge in [0.15, 0.2) is 34.9 Å². The fraction of sp³-hybridized carbons (Fsp3) is 0. The van der Waals surface area contributed by atoms with Crippen LogP contribution in [0.5, 0.6) is 0 Å². The molecule has 0 aliphatic carbocycles. The number of aromatic nitrogens is 6. The fourth-order valence-electron chi connectivity index (χ4n) is 6.47. The Hall–Kier alpha value is -6.48. The number of hydrogen-bond acceptors (Lipinski definition) is 8. The van der Waals surface area contributed by atoms with Crippen molar-refractivity contribution < 1.29 is 0 Å². The molecule has 0 spiro atoms. The molecule has 0 bridgehead atoms. The quantitative estimate of drug-likeness (QED) is 0.172. The molecule has 0 aliphatic heterocycles. The van der Waals surface area contributed by atoms with Crippen LogP contribution in [0.4, 0.5) is 0 Å². The SMILES string of the molecule is c1ccc(-c2nc(-c3ccccc3)nc(-c3ccc4sc5sc6ccc(-c7nc(-c8ccccc8)nc(-c8ccccc8)n7)cc6c5c4c3)n2)cc1. The van der Waals surface area contributed by atoms with Crippen molar-refractivity contribution in [1.29, 1.82) is 0 Å². The zero-order chi connectivity index (χ0) is 34.4. The molecule has 244 valence electrons. The average molecular weight is 703 g/mol. The van der Waals surface area contributed by atoms with Crippen LogP contribution in [0.1, 0.15) is 0 Å². The maximum absolute atomic E-state index is 5.00.